The Hall–Kier alpha value is -5.77. The van der Waals surface area contributed by atoms with Crippen molar-refractivity contribution < 1.29 is 41.1 Å². The maximum atomic E-state index is 13.3. The van der Waals surface area contributed by atoms with E-state index in [0.29, 0.717) is 5.70 Å². The largest absolute Gasteiger partial charge is 0.417 e. The van der Waals surface area contributed by atoms with Crippen LogP contribution >= 0.6 is 0 Å². The van der Waals surface area contributed by atoms with Crippen LogP contribution in [0, 0.1) is 60.5 Å². The molecule has 3 saturated heterocycles. The Bertz CT molecular complexity index is 1750. The van der Waals surface area contributed by atoms with Crippen molar-refractivity contribution in [3.63, 3.8) is 0 Å². The molecule has 49 heavy (non-hydrogen) atoms. The number of imide groups is 1. The highest BCUT2D eigenvalue weighted by atomic mass is 19.4. The molecule has 2 bridgehead atoms. The molecule has 6 rings (SSSR count). The van der Waals surface area contributed by atoms with E-state index in [4.69, 9.17) is 10.00 Å². The van der Waals surface area contributed by atoms with Crippen LogP contribution in [-0.4, -0.2) is 28.9 Å². The molecule has 3 heterocycles. The smallest absolute Gasteiger partial charge is 0.368 e. The van der Waals surface area contributed by atoms with Gasteiger partial charge in [-0.2, -0.15) is 18.4 Å². The summed E-state index contributed by atoms with van der Waals surface area (Å²) in [5.74, 6) is -3.22. The second-order valence-electron chi connectivity index (χ2n) is 11.5. The minimum atomic E-state index is -4.68. The second kappa shape index (κ2) is 14.6. The number of terminal acetylenes is 2. The number of amides is 3. The molecule has 7 nitrogen and oxygen atoms in total. The van der Waals surface area contributed by atoms with Gasteiger partial charge in [0.15, 0.2) is 0 Å². The lowest BCUT2D eigenvalue weighted by Crippen LogP contribution is -2.39. The van der Waals surface area contributed by atoms with Gasteiger partial charge in [0, 0.05) is 28.4 Å². The van der Waals surface area contributed by atoms with E-state index in [1.807, 2.05) is 13.8 Å². The summed E-state index contributed by atoms with van der Waals surface area (Å²) in [5.41, 5.74) is -1.79. The number of carbonyl (C=O) groups is 3. The first-order valence-corrected chi connectivity index (χ1v) is 14.5. The fourth-order valence-electron chi connectivity index (χ4n) is 6.39. The summed E-state index contributed by atoms with van der Waals surface area (Å²) >= 11 is 0. The lowest BCUT2D eigenvalue weighted by Gasteiger charge is -2.29. The number of nitriles is 1. The summed E-state index contributed by atoms with van der Waals surface area (Å²) in [5, 5.41) is 11.1. The van der Waals surface area contributed by atoms with Gasteiger partial charge in [0.1, 0.15) is 11.6 Å². The molecule has 3 fully saturated rings. The van der Waals surface area contributed by atoms with Crippen molar-refractivity contribution in [3.05, 3.63) is 113 Å². The highest BCUT2D eigenvalue weighted by Gasteiger charge is 2.70. The summed E-state index contributed by atoms with van der Waals surface area (Å²) in [6, 6.07) is 14.4. The van der Waals surface area contributed by atoms with E-state index in [1.54, 1.807) is 6.07 Å². The van der Waals surface area contributed by atoms with Crippen molar-refractivity contribution in [2.24, 2.45) is 11.8 Å². The number of benzene rings is 3. The highest BCUT2D eigenvalue weighted by Crippen LogP contribution is 2.63. The average molecular weight is 676 g/mol. The molecule has 252 valence electrons. The van der Waals surface area contributed by atoms with Crippen LogP contribution in [0.3, 0.4) is 0 Å². The molecule has 0 radical (unpaired) electrons. The van der Waals surface area contributed by atoms with Crippen LogP contribution in [0.25, 0.3) is 0 Å². The lowest BCUT2D eigenvalue weighted by molar-refractivity contribution is -0.137. The van der Waals surface area contributed by atoms with Gasteiger partial charge in [-0.1, -0.05) is 6.58 Å². The van der Waals surface area contributed by atoms with Gasteiger partial charge in [0.2, 0.25) is 5.91 Å². The van der Waals surface area contributed by atoms with E-state index in [2.05, 4.69) is 37.6 Å². The number of fused-ring (bicyclic) bond motifs is 5. The van der Waals surface area contributed by atoms with Crippen LogP contribution in [0.15, 0.2) is 79.0 Å². The van der Waals surface area contributed by atoms with Crippen molar-refractivity contribution >= 4 is 23.4 Å². The topological polar surface area (TPSA) is 99.5 Å². The lowest BCUT2D eigenvalue weighted by atomic mass is 9.68. The molecule has 3 aromatic carbocycles. The normalized spacial score (nSPS) is 22.9. The van der Waals surface area contributed by atoms with Gasteiger partial charge in [-0.3, -0.25) is 24.6 Å². The summed E-state index contributed by atoms with van der Waals surface area (Å²) in [6.45, 7) is 7.84. The van der Waals surface area contributed by atoms with Gasteiger partial charge in [-0.15, -0.1) is 25.7 Å². The van der Waals surface area contributed by atoms with Crippen molar-refractivity contribution in [2.75, 3.05) is 4.90 Å². The van der Waals surface area contributed by atoms with Gasteiger partial charge in [0.05, 0.1) is 34.3 Å². The second-order valence-corrected chi connectivity index (χ2v) is 11.5. The molecule has 0 aliphatic carbocycles. The average Bonchev–Trinajstić information content (AvgIpc) is 3.64. The van der Waals surface area contributed by atoms with E-state index in [9.17, 15) is 36.3 Å². The fourth-order valence-corrected chi connectivity index (χ4v) is 6.39. The van der Waals surface area contributed by atoms with Gasteiger partial charge in [0.25, 0.3) is 11.8 Å². The molecule has 12 heteroatoms. The van der Waals surface area contributed by atoms with E-state index in [0.717, 1.165) is 49.2 Å². The van der Waals surface area contributed by atoms with Crippen molar-refractivity contribution in [1.82, 2.24) is 5.32 Å². The molecule has 3 aromatic rings. The van der Waals surface area contributed by atoms with Crippen LogP contribution in [-0.2, 0) is 15.7 Å². The number of hydrogen-bond acceptors (Lipinski definition) is 5. The van der Waals surface area contributed by atoms with E-state index >= 15 is 0 Å². The Kier molecular flexibility index (Phi) is 11.2. The minimum absolute atomic E-state index is 0.0901. The zero-order valence-electron chi connectivity index (χ0n) is 26.4. The monoisotopic (exact) mass is 675 g/mol. The quantitative estimate of drug-likeness (QED) is 0.182. The van der Waals surface area contributed by atoms with E-state index in [-0.39, 0.29) is 28.6 Å². The van der Waals surface area contributed by atoms with Gasteiger partial charge in [-0.25, -0.2) is 8.78 Å². The molecule has 3 aliphatic heterocycles. The number of rotatable bonds is 3. The highest BCUT2D eigenvalue weighted by molar-refractivity contribution is 6.10. The SMILES string of the molecule is C#C.C#C.C=C1C2C(C(=O)N1c1ccc(C#N)c(C(F)(F)F)c1)C1(C)CCC2(C)O1.O=C(NC(=O)c1ccc(F)cc1)c1ccc(F)cc1. The number of alkyl halides is 3. The summed E-state index contributed by atoms with van der Waals surface area (Å²) in [7, 11) is 0. The first-order chi connectivity index (χ1) is 23.1. The fraction of sp³-hybridized carbons (Fsp3) is 0.243. The number of halogens is 5. The molecular weight excluding hydrogens is 645 g/mol. The van der Waals surface area contributed by atoms with E-state index in [1.165, 1.54) is 35.2 Å². The predicted molar refractivity (Wildman–Crippen MR) is 171 cm³/mol. The van der Waals surface area contributed by atoms with Crippen molar-refractivity contribution in [2.45, 2.75) is 44.1 Å². The zero-order valence-corrected chi connectivity index (χ0v) is 26.4. The van der Waals surface area contributed by atoms with Crippen LogP contribution in [0.1, 0.15) is 58.5 Å². The number of ether oxygens (including phenoxy) is 1. The summed E-state index contributed by atoms with van der Waals surface area (Å²) in [6.07, 6.45) is 12.8. The number of carbonyl (C=O) groups excluding carboxylic acids is 3. The molecule has 4 unspecified atom stereocenters. The maximum absolute atomic E-state index is 13.3. The Balaban J connectivity index is 0.000000251. The molecule has 1 N–H and O–H groups in total. The molecule has 3 aliphatic rings. The first-order valence-electron chi connectivity index (χ1n) is 14.5. The molecule has 0 aromatic heterocycles. The third-order valence-corrected chi connectivity index (χ3v) is 8.49. The Morgan fingerprint density at radius 2 is 1.33 bits per heavy atom. The number of nitrogens with one attached hydrogen (secondary N) is 1. The Morgan fingerprint density at radius 1 is 0.878 bits per heavy atom. The van der Waals surface area contributed by atoms with Crippen LogP contribution < -0.4 is 10.2 Å². The van der Waals surface area contributed by atoms with Crippen molar-refractivity contribution in [3.8, 4) is 31.8 Å². The van der Waals surface area contributed by atoms with Crippen LogP contribution in [0.4, 0.5) is 27.6 Å². The summed E-state index contributed by atoms with van der Waals surface area (Å²) < 4.78 is 71.3. The van der Waals surface area contributed by atoms with E-state index < -0.39 is 57.9 Å². The third kappa shape index (κ3) is 7.38. The first kappa shape index (κ1) is 37.7. The molecule has 3 amide bonds. The minimum Gasteiger partial charge on any atom is -0.368 e. The standard InChI is InChI=1S/C19H17F3N2O2.C14H9F2NO2.2C2H2/c1-10-14-15(18(3)7-6-17(14,2)26-18)16(25)24(10)12-5-4-11(9-23)13(8-12)19(20,21)22;15-11-5-1-9(2-6-11)13(18)17-14(19)10-3-7-12(16)8-4-10;2*1-2/h4-5,8,14-15H,1,6-7H2,2-3H3;1-8H,(H,17,18,19);2*1-2H. The number of nitrogens with zero attached hydrogens (tertiary/aromatic N) is 2. The maximum Gasteiger partial charge on any atom is 0.417 e. The number of hydrogen-bond donors (Lipinski definition) is 1. The predicted octanol–water partition coefficient (Wildman–Crippen LogP) is 7.04. The summed E-state index contributed by atoms with van der Waals surface area (Å²) in [4.78, 5) is 37.7. The molecule has 4 atom stereocenters. The molecule has 0 spiro atoms. The Labute approximate surface area is 280 Å². The van der Waals surface area contributed by atoms with Crippen molar-refractivity contribution in [1.29, 1.82) is 5.26 Å². The third-order valence-electron chi connectivity index (χ3n) is 8.49. The number of anilines is 1. The zero-order chi connectivity index (χ0) is 36.9. The van der Waals surface area contributed by atoms with Gasteiger partial charge < -0.3 is 4.74 Å². The Morgan fingerprint density at radius 3 is 1.73 bits per heavy atom. The van der Waals surface area contributed by atoms with Gasteiger partial charge >= 0.3 is 6.18 Å². The van der Waals surface area contributed by atoms with Crippen LogP contribution in [0.5, 0.6) is 0 Å². The molecular formula is C37H30F5N3O4. The van der Waals surface area contributed by atoms with Crippen LogP contribution in [0.2, 0.25) is 0 Å². The van der Waals surface area contributed by atoms with Gasteiger partial charge in [-0.05, 0) is 93.4 Å². The molecule has 0 saturated carbocycles.